The van der Waals surface area contributed by atoms with Crippen LogP contribution in [0.3, 0.4) is 0 Å². The number of likely N-dealkylation sites (tertiary alicyclic amines) is 1. The van der Waals surface area contributed by atoms with Gasteiger partial charge in [-0.15, -0.1) is 0 Å². The molecular weight excluding hydrogens is 388 g/mol. The SMILES string of the molecule is CCOC(=O)[C@H]1[C@H](C(C)(C)C)[C@@H](N)[C@@H](c2ccccc2)N1C(=O)[C@@H](C)c1ccccc1. The van der Waals surface area contributed by atoms with Gasteiger partial charge in [0.15, 0.2) is 0 Å². The Morgan fingerprint density at radius 2 is 1.58 bits per heavy atom. The van der Waals surface area contributed by atoms with Crippen LogP contribution in [0.4, 0.5) is 0 Å². The predicted octanol–water partition coefficient (Wildman–Crippen LogP) is 4.29. The zero-order valence-corrected chi connectivity index (χ0v) is 19.1. The van der Waals surface area contributed by atoms with E-state index in [1.807, 2.05) is 67.6 Å². The summed E-state index contributed by atoms with van der Waals surface area (Å²) < 4.78 is 5.46. The van der Waals surface area contributed by atoms with Crippen LogP contribution in [0.25, 0.3) is 0 Å². The van der Waals surface area contributed by atoms with E-state index in [1.54, 1.807) is 11.8 Å². The molecule has 1 heterocycles. The van der Waals surface area contributed by atoms with Gasteiger partial charge in [0.25, 0.3) is 0 Å². The third kappa shape index (κ3) is 4.52. The van der Waals surface area contributed by atoms with Crippen LogP contribution in [0, 0.1) is 11.3 Å². The van der Waals surface area contributed by atoms with Gasteiger partial charge >= 0.3 is 5.97 Å². The zero-order valence-electron chi connectivity index (χ0n) is 19.1. The molecule has 166 valence electrons. The molecule has 2 aromatic carbocycles. The molecule has 0 radical (unpaired) electrons. The molecule has 1 fully saturated rings. The minimum absolute atomic E-state index is 0.111. The van der Waals surface area contributed by atoms with Gasteiger partial charge in [0.05, 0.1) is 18.6 Å². The first kappa shape index (κ1) is 23.0. The highest BCUT2D eigenvalue weighted by molar-refractivity contribution is 5.90. The highest BCUT2D eigenvalue weighted by Gasteiger charge is 2.57. The fourth-order valence-electron chi connectivity index (χ4n) is 4.89. The van der Waals surface area contributed by atoms with Gasteiger partial charge in [-0.25, -0.2) is 4.79 Å². The fourth-order valence-corrected chi connectivity index (χ4v) is 4.89. The van der Waals surface area contributed by atoms with Crippen LogP contribution in [0.1, 0.15) is 57.7 Å². The predicted molar refractivity (Wildman–Crippen MR) is 122 cm³/mol. The van der Waals surface area contributed by atoms with E-state index in [2.05, 4.69) is 20.8 Å². The summed E-state index contributed by atoms with van der Waals surface area (Å²) in [5.41, 5.74) is 8.38. The summed E-state index contributed by atoms with van der Waals surface area (Å²) >= 11 is 0. The molecule has 0 unspecified atom stereocenters. The molecular formula is C26H34N2O3. The summed E-state index contributed by atoms with van der Waals surface area (Å²) in [5.74, 6) is -1.15. The van der Waals surface area contributed by atoms with Gasteiger partial charge in [0.2, 0.25) is 5.91 Å². The Kier molecular flexibility index (Phi) is 6.85. The Morgan fingerprint density at radius 1 is 1.03 bits per heavy atom. The summed E-state index contributed by atoms with van der Waals surface area (Å²) in [6.07, 6.45) is 0. The molecule has 1 aliphatic heterocycles. The first-order valence-electron chi connectivity index (χ1n) is 11.0. The Hall–Kier alpha value is -2.66. The van der Waals surface area contributed by atoms with Gasteiger partial charge < -0.3 is 15.4 Å². The number of carbonyl (C=O) groups is 2. The number of rotatable bonds is 5. The standard InChI is InChI=1S/C26H34N2O3/c1-6-31-25(30)23-20(26(3,4)5)21(27)22(19-15-11-8-12-16-19)28(23)24(29)17(2)18-13-9-7-10-14-18/h7-17,20-23H,6,27H2,1-5H3/t17-,20+,21+,22+,23+/m0/s1. The topological polar surface area (TPSA) is 72.6 Å². The van der Waals surface area contributed by atoms with Crippen molar-refractivity contribution in [1.29, 1.82) is 0 Å². The summed E-state index contributed by atoms with van der Waals surface area (Å²) in [6, 6.07) is 17.9. The van der Waals surface area contributed by atoms with Gasteiger partial charge in [0, 0.05) is 12.0 Å². The van der Waals surface area contributed by atoms with Crippen molar-refractivity contribution in [3.8, 4) is 0 Å². The molecule has 1 saturated heterocycles. The van der Waals surface area contributed by atoms with Crippen LogP contribution < -0.4 is 5.73 Å². The van der Waals surface area contributed by atoms with Gasteiger partial charge in [-0.1, -0.05) is 81.4 Å². The Labute approximate surface area is 185 Å². The monoisotopic (exact) mass is 422 g/mol. The normalized spacial score (nSPS) is 24.6. The van der Waals surface area contributed by atoms with Crippen molar-refractivity contribution >= 4 is 11.9 Å². The van der Waals surface area contributed by atoms with Crippen molar-refractivity contribution < 1.29 is 14.3 Å². The van der Waals surface area contributed by atoms with Crippen molar-refractivity contribution in [3.63, 3.8) is 0 Å². The van der Waals surface area contributed by atoms with Gasteiger partial charge in [-0.2, -0.15) is 0 Å². The van der Waals surface area contributed by atoms with E-state index in [9.17, 15) is 9.59 Å². The molecule has 0 aromatic heterocycles. The molecule has 31 heavy (non-hydrogen) atoms. The van der Waals surface area contributed by atoms with Crippen LogP contribution in [0.5, 0.6) is 0 Å². The summed E-state index contributed by atoms with van der Waals surface area (Å²) in [7, 11) is 0. The third-order valence-corrected chi connectivity index (χ3v) is 6.31. The van der Waals surface area contributed by atoms with Crippen molar-refractivity contribution in [3.05, 3.63) is 71.8 Å². The third-order valence-electron chi connectivity index (χ3n) is 6.31. The molecule has 0 saturated carbocycles. The first-order valence-corrected chi connectivity index (χ1v) is 11.0. The summed E-state index contributed by atoms with van der Waals surface area (Å²) in [5, 5.41) is 0. The molecule has 0 bridgehead atoms. The van der Waals surface area contributed by atoms with E-state index >= 15 is 0 Å². The van der Waals surface area contributed by atoms with Crippen molar-refractivity contribution in [2.24, 2.45) is 17.1 Å². The van der Waals surface area contributed by atoms with Crippen LogP contribution >= 0.6 is 0 Å². The van der Waals surface area contributed by atoms with Crippen LogP contribution in [-0.2, 0) is 14.3 Å². The number of hydrogen-bond donors (Lipinski definition) is 1. The van der Waals surface area contributed by atoms with Crippen LogP contribution in [-0.4, -0.2) is 35.5 Å². The van der Waals surface area contributed by atoms with Crippen molar-refractivity contribution in [1.82, 2.24) is 4.90 Å². The average Bonchev–Trinajstić information content (AvgIpc) is 3.07. The number of esters is 1. The van der Waals surface area contributed by atoms with Crippen molar-refractivity contribution in [2.75, 3.05) is 6.61 Å². The van der Waals surface area contributed by atoms with Gasteiger partial charge in [0.1, 0.15) is 6.04 Å². The lowest BCUT2D eigenvalue weighted by Gasteiger charge is -2.35. The minimum atomic E-state index is -0.737. The second-order valence-electron chi connectivity index (χ2n) is 9.40. The quantitative estimate of drug-likeness (QED) is 0.730. The maximum Gasteiger partial charge on any atom is 0.329 e. The average molecular weight is 423 g/mol. The molecule has 2 N–H and O–H groups in total. The lowest BCUT2D eigenvalue weighted by Crippen LogP contribution is -2.49. The maximum absolute atomic E-state index is 13.9. The fraction of sp³-hybridized carbons (Fsp3) is 0.462. The van der Waals surface area contributed by atoms with E-state index in [0.717, 1.165) is 11.1 Å². The van der Waals surface area contributed by atoms with Crippen molar-refractivity contribution in [2.45, 2.75) is 58.7 Å². The number of nitrogens with two attached hydrogens (primary N) is 1. The second-order valence-corrected chi connectivity index (χ2v) is 9.40. The largest absolute Gasteiger partial charge is 0.464 e. The lowest BCUT2D eigenvalue weighted by atomic mass is 9.73. The number of amides is 1. The van der Waals surface area contributed by atoms with E-state index in [0.29, 0.717) is 0 Å². The first-order chi connectivity index (χ1) is 14.7. The lowest BCUT2D eigenvalue weighted by molar-refractivity contribution is -0.157. The highest BCUT2D eigenvalue weighted by atomic mass is 16.5. The number of carbonyl (C=O) groups excluding carboxylic acids is 2. The molecule has 1 amide bonds. The molecule has 1 aliphatic rings. The van der Waals surface area contributed by atoms with Gasteiger partial charge in [-0.3, -0.25) is 4.79 Å². The van der Waals surface area contributed by atoms with E-state index in [-0.39, 0.29) is 29.8 Å². The smallest absolute Gasteiger partial charge is 0.329 e. The Bertz CT molecular complexity index is 892. The Balaban J connectivity index is 2.14. The highest BCUT2D eigenvalue weighted by Crippen LogP contribution is 2.48. The number of hydrogen-bond acceptors (Lipinski definition) is 4. The summed E-state index contributed by atoms with van der Waals surface area (Å²) in [6.45, 7) is 10.1. The molecule has 0 spiro atoms. The molecule has 5 heteroatoms. The molecule has 5 nitrogen and oxygen atoms in total. The number of ether oxygens (including phenoxy) is 1. The molecule has 0 aliphatic carbocycles. The van der Waals surface area contributed by atoms with Crippen LogP contribution in [0.15, 0.2) is 60.7 Å². The maximum atomic E-state index is 13.9. The van der Waals surface area contributed by atoms with E-state index in [1.165, 1.54) is 0 Å². The van der Waals surface area contributed by atoms with E-state index in [4.69, 9.17) is 10.5 Å². The number of benzene rings is 2. The second kappa shape index (κ2) is 9.23. The number of nitrogens with zero attached hydrogens (tertiary/aromatic N) is 1. The van der Waals surface area contributed by atoms with Crippen LogP contribution in [0.2, 0.25) is 0 Å². The molecule has 5 atom stereocenters. The molecule has 2 aromatic rings. The molecule has 3 rings (SSSR count). The van der Waals surface area contributed by atoms with E-state index < -0.39 is 24.0 Å². The van der Waals surface area contributed by atoms with Gasteiger partial charge in [-0.05, 0) is 30.4 Å². The Morgan fingerprint density at radius 3 is 2.10 bits per heavy atom. The zero-order chi connectivity index (χ0) is 22.8. The minimum Gasteiger partial charge on any atom is -0.464 e. The summed E-state index contributed by atoms with van der Waals surface area (Å²) in [4.78, 5) is 28.9.